The highest BCUT2D eigenvalue weighted by molar-refractivity contribution is 7.92. The molecular weight excluding hydrogens is 400 g/mol. The van der Waals surface area contributed by atoms with E-state index in [1.165, 1.54) is 11.3 Å². The van der Waals surface area contributed by atoms with Crippen LogP contribution in [0.25, 0.3) is 10.2 Å². The van der Waals surface area contributed by atoms with Crippen molar-refractivity contribution in [1.29, 1.82) is 0 Å². The molecule has 0 unspecified atom stereocenters. The number of nitrogens with zero attached hydrogens (tertiary/aromatic N) is 2. The van der Waals surface area contributed by atoms with Crippen molar-refractivity contribution < 1.29 is 17.9 Å². The molecule has 0 aliphatic carbocycles. The zero-order valence-electron chi connectivity index (χ0n) is 15.6. The Morgan fingerprint density at radius 3 is 2.64 bits per heavy atom. The largest absolute Gasteiger partial charge is 0.494 e. The Morgan fingerprint density at radius 1 is 1.21 bits per heavy atom. The molecule has 10 heteroatoms. The average molecular weight is 421 g/mol. The molecule has 0 aliphatic heterocycles. The maximum Gasteiger partial charge on any atom is 0.243 e. The number of aromatic nitrogens is 1. The number of sulfonamides is 1. The highest BCUT2D eigenvalue weighted by Gasteiger charge is 2.14. The molecule has 2 aromatic carbocycles. The fraction of sp³-hybridized carbons (Fsp3) is 0.222. The van der Waals surface area contributed by atoms with Crippen molar-refractivity contribution in [2.45, 2.75) is 0 Å². The highest BCUT2D eigenvalue weighted by atomic mass is 32.2. The van der Waals surface area contributed by atoms with Crippen LogP contribution < -0.4 is 19.7 Å². The van der Waals surface area contributed by atoms with Gasteiger partial charge in [0.15, 0.2) is 5.13 Å². The highest BCUT2D eigenvalue weighted by Crippen LogP contribution is 2.33. The summed E-state index contributed by atoms with van der Waals surface area (Å²) in [4.78, 5) is 18.7. The molecule has 1 amide bonds. The van der Waals surface area contributed by atoms with Gasteiger partial charge in [0, 0.05) is 12.7 Å². The number of benzene rings is 2. The third-order valence-corrected chi connectivity index (χ3v) is 5.49. The molecule has 0 aliphatic rings. The van der Waals surface area contributed by atoms with Gasteiger partial charge in [0.05, 0.1) is 30.3 Å². The van der Waals surface area contributed by atoms with Crippen molar-refractivity contribution in [3.63, 3.8) is 0 Å². The molecule has 0 saturated heterocycles. The van der Waals surface area contributed by atoms with Crippen LogP contribution in [0.1, 0.15) is 0 Å². The van der Waals surface area contributed by atoms with E-state index in [1.807, 2.05) is 18.2 Å². The van der Waals surface area contributed by atoms with Crippen molar-refractivity contribution in [3.8, 4) is 5.75 Å². The summed E-state index contributed by atoms with van der Waals surface area (Å²) in [5.74, 6) is 0.443. The second-order valence-electron chi connectivity index (χ2n) is 6.16. The molecule has 2 N–H and O–H groups in total. The molecule has 3 aromatic rings. The lowest BCUT2D eigenvalue weighted by molar-refractivity contribution is -0.114. The average Bonchev–Trinajstić information content (AvgIpc) is 3.04. The van der Waals surface area contributed by atoms with Crippen LogP contribution in [0.15, 0.2) is 42.5 Å². The Labute approximate surface area is 167 Å². The van der Waals surface area contributed by atoms with E-state index in [0.717, 1.165) is 16.5 Å². The fourth-order valence-corrected chi connectivity index (χ4v) is 4.10. The van der Waals surface area contributed by atoms with Gasteiger partial charge in [-0.15, -0.1) is 0 Å². The first-order valence-corrected chi connectivity index (χ1v) is 11.0. The van der Waals surface area contributed by atoms with Gasteiger partial charge in [-0.3, -0.25) is 9.52 Å². The predicted octanol–water partition coefficient (Wildman–Crippen LogP) is 2.75. The van der Waals surface area contributed by atoms with Crippen LogP contribution in [0.4, 0.5) is 16.5 Å². The molecule has 8 nitrogen and oxygen atoms in total. The molecule has 0 atom stereocenters. The van der Waals surface area contributed by atoms with E-state index in [9.17, 15) is 13.2 Å². The van der Waals surface area contributed by atoms with E-state index in [0.29, 0.717) is 22.3 Å². The minimum Gasteiger partial charge on any atom is -0.494 e. The van der Waals surface area contributed by atoms with Crippen molar-refractivity contribution in [3.05, 3.63) is 42.5 Å². The minimum absolute atomic E-state index is 0.0892. The Bertz CT molecular complexity index is 1110. The number of carbonyl (C=O) groups excluding carboxylic acids is 1. The third kappa shape index (κ3) is 4.90. The van der Waals surface area contributed by atoms with E-state index in [4.69, 9.17) is 4.74 Å². The Balaban J connectivity index is 1.69. The molecule has 1 aromatic heterocycles. The van der Waals surface area contributed by atoms with Crippen LogP contribution in [-0.4, -0.2) is 46.3 Å². The van der Waals surface area contributed by atoms with Gasteiger partial charge in [0.2, 0.25) is 15.9 Å². The summed E-state index contributed by atoms with van der Waals surface area (Å²) in [5, 5.41) is 3.46. The van der Waals surface area contributed by atoms with Gasteiger partial charge in [-0.1, -0.05) is 23.5 Å². The number of fused-ring (bicyclic) bond motifs is 1. The summed E-state index contributed by atoms with van der Waals surface area (Å²) < 4.78 is 31.3. The van der Waals surface area contributed by atoms with Crippen molar-refractivity contribution >= 4 is 54.0 Å². The van der Waals surface area contributed by atoms with Gasteiger partial charge in [-0.2, -0.15) is 0 Å². The number of amides is 1. The number of ether oxygens (including phenoxy) is 1. The van der Waals surface area contributed by atoms with Crippen molar-refractivity contribution in [2.75, 3.05) is 41.9 Å². The lowest BCUT2D eigenvalue weighted by Gasteiger charge is -2.15. The first kappa shape index (κ1) is 19.9. The summed E-state index contributed by atoms with van der Waals surface area (Å²) in [6.45, 7) is 0.0892. The Hall–Kier alpha value is -2.85. The summed E-state index contributed by atoms with van der Waals surface area (Å²) >= 11 is 1.47. The lowest BCUT2D eigenvalue weighted by atomic mass is 10.3. The maximum atomic E-state index is 12.4. The molecule has 0 spiro atoms. The molecular formula is C18H20N4O4S2. The summed E-state index contributed by atoms with van der Waals surface area (Å²) in [7, 11) is -0.00602. The maximum absolute atomic E-state index is 12.4. The Kier molecular flexibility index (Phi) is 5.71. The van der Waals surface area contributed by atoms with Gasteiger partial charge in [0.25, 0.3) is 0 Å². The number of hydrogen-bond donors (Lipinski definition) is 2. The summed E-state index contributed by atoms with van der Waals surface area (Å²) in [6.07, 6.45) is 1.07. The third-order valence-electron chi connectivity index (χ3n) is 3.75. The number of carbonyl (C=O) groups is 1. The second kappa shape index (κ2) is 8.03. The first-order chi connectivity index (χ1) is 13.2. The zero-order valence-corrected chi connectivity index (χ0v) is 17.2. The molecule has 3 rings (SSSR count). The SMILES string of the molecule is COc1cccc2sc(N(C)CC(=O)Nc3cccc(NS(C)(=O)=O)c3)nc12. The van der Waals surface area contributed by atoms with Crippen LogP contribution >= 0.6 is 11.3 Å². The van der Waals surface area contributed by atoms with E-state index in [1.54, 1.807) is 43.3 Å². The second-order valence-corrected chi connectivity index (χ2v) is 8.92. The smallest absolute Gasteiger partial charge is 0.243 e. The fourth-order valence-electron chi connectivity index (χ4n) is 2.60. The molecule has 0 saturated carbocycles. The number of hydrogen-bond acceptors (Lipinski definition) is 7. The van der Waals surface area contributed by atoms with E-state index in [2.05, 4.69) is 15.0 Å². The van der Waals surface area contributed by atoms with Gasteiger partial charge >= 0.3 is 0 Å². The van der Waals surface area contributed by atoms with Gasteiger partial charge < -0.3 is 15.0 Å². The van der Waals surface area contributed by atoms with E-state index < -0.39 is 10.0 Å². The number of anilines is 3. The van der Waals surface area contributed by atoms with Gasteiger partial charge in [-0.05, 0) is 30.3 Å². The van der Waals surface area contributed by atoms with Crippen LogP contribution in [-0.2, 0) is 14.8 Å². The first-order valence-electron chi connectivity index (χ1n) is 8.27. The van der Waals surface area contributed by atoms with E-state index >= 15 is 0 Å². The molecule has 148 valence electrons. The number of thiazole rings is 1. The topological polar surface area (TPSA) is 101 Å². The summed E-state index contributed by atoms with van der Waals surface area (Å²) in [5.41, 5.74) is 1.64. The normalized spacial score (nSPS) is 11.2. The van der Waals surface area contributed by atoms with Crippen LogP contribution in [0.2, 0.25) is 0 Å². The Morgan fingerprint density at radius 2 is 1.93 bits per heavy atom. The van der Waals surface area contributed by atoms with Crippen LogP contribution in [0, 0.1) is 0 Å². The standard InChI is InChI=1S/C18H20N4O4S2/c1-22(18-20-17-14(26-2)8-5-9-15(17)27-18)11-16(23)19-12-6-4-7-13(10-12)21-28(3,24)25/h4-10,21H,11H2,1-3H3,(H,19,23). The molecule has 0 radical (unpaired) electrons. The zero-order chi connectivity index (χ0) is 20.3. The van der Waals surface area contributed by atoms with Gasteiger partial charge in [0.1, 0.15) is 11.3 Å². The predicted molar refractivity (Wildman–Crippen MR) is 113 cm³/mol. The quantitative estimate of drug-likeness (QED) is 0.610. The van der Waals surface area contributed by atoms with Crippen LogP contribution in [0.5, 0.6) is 5.75 Å². The van der Waals surface area contributed by atoms with Crippen LogP contribution in [0.3, 0.4) is 0 Å². The van der Waals surface area contributed by atoms with E-state index in [-0.39, 0.29) is 12.5 Å². The number of para-hydroxylation sites is 1. The minimum atomic E-state index is -3.38. The molecule has 0 fully saturated rings. The molecule has 28 heavy (non-hydrogen) atoms. The van der Waals surface area contributed by atoms with Crippen molar-refractivity contribution in [1.82, 2.24) is 4.98 Å². The monoisotopic (exact) mass is 420 g/mol. The van der Waals surface area contributed by atoms with Gasteiger partial charge in [-0.25, -0.2) is 13.4 Å². The van der Waals surface area contributed by atoms with Crippen molar-refractivity contribution in [2.24, 2.45) is 0 Å². The number of likely N-dealkylation sites (N-methyl/N-ethyl adjacent to an activating group) is 1. The number of rotatable bonds is 7. The number of methoxy groups -OCH3 is 1. The lowest BCUT2D eigenvalue weighted by Crippen LogP contribution is -2.30. The number of nitrogens with one attached hydrogen (secondary N) is 2. The molecule has 1 heterocycles. The molecule has 0 bridgehead atoms. The summed E-state index contributed by atoms with van der Waals surface area (Å²) in [6, 6.07) is 12.2.